The number of hydrogen-bond acceptors (Lipinski definition) is 9. The Balaban J connectivity index is 1.75. The van der Waals surface area contributed by atoms with Gasteiger partial charge in [0.25, 0.3) is 5.91 Å². The summed E-state index contributed by atoms with van der Waals surface area (Å²) in [7, 11) is 6.49. The molecular formula is C29H31F2N3O7. The van der Waals surface area contributed by atoms with Gasteiger partial charge in [0.15, 0.2) is 11.4 Å². The van der Waals surface area contributed by atoms with E-state index in [0.29, 0.717) is 11.3 Å². The van der Waals surface area contributed by atoms with Gasteiger partial charge < -0.3 is 31.1 Å². The molecule has 0 saturated heterocycles. The maximum Gasteiger partial charge on any atom is 0.255 e. The van der Waals surface area contributed by atoms with Crippen molar-refractivity contribution in [3.8, 4) is 5.75 Å². The molecule has 4 aliphatic rings. The number of aliphatic hydroxyl groups excluding tert-OH is 2. The topological polar surface area (TPSA) is 165 Å². The first kappa shape index (κ1) is 28.5. The van der Waals surface area contributed by atoms with E-state index in [1.807, 2.05) is 0 Å². The zero-order chi connectivity index (χ0) is 30.3. The van der Waals surface area contributed by atoms with Crippen LogP contribution in [0.3, 0.4) is 0 Å². The molecule has 41 heavy (non-hydrogen) atoms. The van der Waals surface area contributed by atoms with Crippen molar-refractivity contribution in [2.24, 2.45) is 17.6 Å². The van der Waals surface area contributed by atoms with E-state index in [1.165, 1.54) is 17.0 Å². The lowest BCUT2D eigenvalue weighted by atomic mass is 9.58. The Morgan fingerprint density at radius 1 is 1.12 bits per heavy atom. The number of aliphatic hydroxyl groups is 3. The molecule has 1 amide bonds. The van der Waals surface area contributed by atoms with Crippen LogP contribution in [0.25, 0.3) is 5.57 Å². The predicted octanol–water partition coefficient (Wildman–Crippen LogP) is 2.17. The Morgan fingerprint density at radius 2 is 1.78 bits per heavy atom. The highest BCUT2D eigenvalue weighted by atomic mass is 19.1. The van der Waals surface area contributed by atoms with E-state index in [0.717, 1.165) is 6.08 Å². The quantitative estimate of drug-likeness (QED) is 0.341. The zero-order valence-corrected chi connectivity index (χ0v) is 22.9. The van der Waals surface area contributed by atoms with Gasteiger partial charge >= 0.3 is 0 Å². The molecule has 5 atom stereocenters. The molecule has 0 aliphatic heterocycles. The van der Waals surface area contributed by atoms with E-state index in [1.54, 1.807) is 33.1 Å². The minimum absolute atomic E-state index is 0.0540. The minimum atomic E-state index is -2.76. The number of amides is 1. The van der Waals surface area contributed by atoms with Crippen molar-refractivity contribution in [1.29, 1.82) is 0 Å². The molecule has 1 aromatic carbocycles. The van der Waals surface area contributed by atoms with Gasteiger partial charge in [0.05, 0.1) is 11.6 Å². The summed E-state index contributed by atoms with van der Waals surface area (Å²) >= 11 is 0. The first-order chi connectivity index (χ1) is 19.1. The monoisotopic (exact) mass is 571 g/mol. The number of likely N-dealkylation sites (N-methyl/N-ethyl adjacent to an activating group) is 1. The molecule has 6 N–H and O–H groups in total. The van der Waals surface area contributed by atoms with Crippen LogP contribution in [0.2, 0.25) is 0 Å². The van der Waals surface area contributed by atoms with E-state index in [2.05, 4.69) is 0 Å². The number of hydrogen-bond donors (Lipinski definition) is 5. The summed E-state index contributed by atoms with van der Waals surface area (Å²) in [5, 5.41) is 45.4. The number of primary amides is 1. The van der Waals surface area contributed by atoms with Crippen molar-refractivity contribution in [2.45, 2.75) is 37.1 Å². The lowest BCUT2D eigenvalue weighted by Crippen LogP contribution is -2.63. The van der Waals surface area contributed by atoms with Gasteiger partial charge in [-0.05, 0) is 50.6 Å². The van der Waals surface area contributed by atoms with Crippen LogP contribution in [0.5, 0.6) is 5.75 Å². The van der Waals surface area contributed by atoms with Crippen molar-refractivity contribution < 1.29 is 43.6 Å². The Morgan fingerprint density at radius 3 is 2.34 bits per heavy atom. The fraction of sp³-hybridized carbons (Fsp3) is 0.414. The molecule has 10 nitrogen and oxygen atoms in total. The molecule has 0 spiro atoms. The van der Waals surface area contributed by atoms with E-state index >= 15 is 0 Å². The van der Waals surface area contributed by atoms with Gasteiger partial charge in [0.2, 0.25) is 5.78 Å². The molecular weight excluding hydrogens is 540 g/mol. The number of ketones is 2. The van der Waals surface area contributed by atoms with Crippen LogP contribution in [0.1, 0.15) is 34.3 Å². The predicted molar refractivity (Wildman–Crippen MR) is 145 cm³/mol. The second-order valence-electron chi connectivity index (χ2n) is 11.4. The third-order valence-corrected chi connectivity index (χ3v) is 8.61. The minimum Gasteiger partial charge on any atom is -0.510 e. The van der Waals surface area contributed by atoms with Crippen molar-refractivity contribution in [3.05, 3.63) is 63.4 Å². The third-order valence-electron chi connectivity index (χ3n) is 8.61. The summed E-state index contributed by atoms with van der Waals surface area (Å²) in [6.45, 7) is 0. The number of halogens is 2. The third kappa shape index (κ3) is 3.91. The van der Waals surface area contributed by atoms with Gasteiger partial charge in [0, 0.05) is 48.8 Å². The zero-order valence-electron chi connectivity index (χ0n) is 22.9. The number of nitrogens with zero attached hydrogens (tertiary/aromatic N) is 2. The molecule has 5 rings (SSSR count). The van der Waals surface area contributed by atoms with Crippen LogP contribution < -0.4 is 10.6 Å². The van der Waals surface area contributed by atoms with Gasteiger partial charge in [-0.2, -0.15) is 0 Å². The molecule has 0 aromatic heterocycles. The number of carbonyl (C=O) groups excluding carboxylic acids is 3. The molecule has 0 radical (unpaired) electrons. The number of allylic oxidation sites excluding steroid dienone is 5. The lowest BCUT2D eigenvalue weighted by molar-refractivity contribution is -0.148. The van der Waals surface area contributed by atoms with Crippen molar-refractivity contribution in [2.75, 3.05) is 33.1 Å². The molecule has 0 fully saturated rings. The summed E-state index contributed by atoms with van der Waals surface area (Å²) in [5.74, 6) is -8.47. The highest BCUT2D eigenvalue weighted by Gasteiger charge is 2.63. The standard InChI is InChI=1S/C29H31F2N3O7/c1-33(2)18-10-14(13-6-5-12(30)9-17(13)31)23(35)20-15(18)7-11-8-16-22(34(3)4)25(37)21(28(32)40)27(39)29(16,41)26(38)19(11)24(20)36/h5-6,10-12,16,22,35,37-38,41H,7-9H2,1-4H3,(H2,32,40)/t11-,12?,16-,22-,29-/m0/s1. The smallest absolute Gasteiger partial charge is 0.255 e. The Labute approximate surface area is 234 Å². The summed E-state index contributed by atoms with van der Waals surface area (Å²) in [4.78, 5) is 42.8. The number of alkyl halides is 1. The van der Waals surface area contributed by atoms with Crippen LogP contribution in [0.15, 0.2) is 46.7 Å². The first-order valence-corrected chi connectivity index (χ1v) is 13.0. The SMILES string of the molecule is CN(C)c1cc(C2=C(F)CC(F)C=C2)c(O)c2c1C[C@H]1C[C@H]3[C@H](N(C)C)C(O)=C(C(N)=O)C(=O)[C@@]3(O)C(O)=C1C2=O. The van der Waals surface area contributed by atoms with Gasteiger partial charge in [-0.15, -0.1) is 0 Å². The molecule has 0 bridgehead atoms. The maximum absolute atomic E-state index is 14.9. The second-order valence-corrected chi connectivity index (χ2v) is 11.4. The molecule has 4 aliphatic carbocycles. The first-order valence-electron chi connectivity index (χ1n) is 13.0. The number of nitrogens with two attached hydrogens (primary N) is 1. The highest BCUT2D eigenvalue weighted by molar-refractivity contribution is 6.25. The number of phenols is 1. The van der Waals surface area contributed by atoms with E-state index < -0.39 is 82.2 Å². The molecule has 0 heterocycles. The number of aromatic hydroxyl groups is 1. The van der Waals surface area contributed by atoms with Crippen molar-refractivity contribution >= 4 is 28.7 Å². The van der Waals surface area contributed by atoms with Crippen molar-refractivity contribution in [1.82, 2.24) is 4.90 Å². The van der Waals surface area contributed by atoms with Gasteiger partial charge in [-0.3, -0.25) is 19.3 Å². The average Bonchev–Trinajstić information content (AvgIpc) is 2.86. The van der Waals surface area contributed by atoms with Crippen molar-refractivity contribution in [3.63, 3.8) is 0 Å². The van der Waals surface area contributed by atoms with E-state index in [4.69, 9.17) is 5.73 Å². The van der Waals surface area contributed by atoms with Gasteiger partial charge in [-0.25, -0.2) is 8.78 Å². The van der Waals surface area contributed by atoms with Crippen LogP contribution in [-0.2, 0) is 16.0 Å². The summed E-state index contributed by atoms with van der Waals surface area (Å²) in [6, 6.07) is 0.407. The number of fused-ring (bicyclic) bond motifs is 3. The fourth-order valence-corrected chi connectivity index (χ4v) is 6.78. The van der Waals surface area contributed by atoms with Gasteiger partial charge in [0.1, 0.15) is 34.8 Å². The van der Waals surface area contributed by atoms with E-state index in [9.17, 15) is 43.6 Å². The molecule has 1 unspecified atom stereocenters. The fourth-order valence-electron chi connectivity index (χ4n) is 6.78. The number of Topliss-reactive ketones (excluding diaryl/α,β-unsaturated/α-hetero) is 2. The lowest BCUT2D eigenvalue weighted by Gasteiger charge is -2.50. The van der Waals surface area contributed by atoms with Crippen LogP contribution in [0.4, 0.5) is 14.5 Å². The number of benzene rings is 1. The number of phenolic OH excluding ortho intramolecular Hbond substituents is 1. The highest BCUT2D eigenvalue weighted by Crippen LogP contribution is 2.54. The summed E-state index contributed by atoms with van der Waals surface area (Å²) < 4.78 is 28.6. The number of anilines is 1. The van der Waals surface area contributed by atoms with Gasteiger partial charge in [-0.1, -0.05) is 6.08 Å². The van der Waals surface area contributed by atoms with Crippen LogP contribution in [-0.4, -0.2) is 88.8 Å². The molecule has 218 valence electrons. The molecule has 1 aromatic rings. The van der Waals surface area contributed by atoms with E-state index in [-0.39, 0.29) is 35.1 Å². The average molecular weight is 572 g/mol. The Kier molecular flexibility index (Phi) is 6.62. The van der Waals surface area contributed by atoms with Crippen LogP contribution >= 0.6 is 0 Å². The normalized spacial score (nSPS) is 29.6. The maximum atomic E-state index is 14.9. The van der Waals surface area contributed by atoms with Crippen LogP contribution in [0, 0.1) is 11.8 Å². The summed E-state index contributed by atoms with van der Waals surface area (Å²) in [6.07, 6.45) is 0.294. The summed E-state index contributed by atoms with van der Waals surface area (Å²) in [5.41, 5.74) is 1.85. The Hall–Kier alpha value is -4.03. The molecule has 0 saturated carbocycles. The number of carbonyl (C=O) groups is 3. The number of rotatable bonds is 4. The second kappa shape index (κ2) is 9.52. The Bertz CT molecular complexity index is 1540. The molecule has 12 heteroatoms. The largest absolute Gasteiger partial charge is 0.510 e.